The number of hydrogen-bond acceptors (Lipinski definition) is 3. The molecule has 0 aliphatic carbocycles. The summed E-state index contributed by atoms with van der Waals surface area (Å²) in [5.74, 6) is 0. The fraction of sp³-hybridized carbons (Fsp3) is 1.00. The molecule has 0 saturated carbocycles. The number of likely N-dealkylation sites (tertiary alicyclic amines) is 1. The van der Waals surface area contributed by atoms with Crippen molar-refractivity contribution >= 4 is 0 Å². The summed E-state index contributed by atoms with van der Waals surface area (Å²) in [5, 5.41) is 13.4. The van der Waals surface area contributed by atoms with Gasteiger partial charge in [-0.1, -0.05) is 40.0 Å². The Hall–Kier alpha value is -0.120. The molecule has 1 aliphatic rings. The summed E-state index contributed by atoms with van der Waals surface area (Å²) >= 11 is 0. The molecule has 0 spiro atoms. The molecular formula is C17H36N2O. The highest BCUT2D eigenvalue weighted by Crippen LogP contribution is 2.19. The number of aliphatic hydroxyl groups excluding tert-OH is 1. The molecule has 3 heteroatoms. The number of nitrogens with one attached hydrogen (secondary N) is 1. The topological polar surface area (TPSA) is 35.5 Å². The Labute approximate surface area is 126 Å². The lowest BCUT2D eigenvalue weighted by Gasteiger charge is -2.35. The van der Waals surface area contributed by atoms with Crippen LogP contribution in [0.25, 0.3) is 0 Å². The molecule has 0 amide bonds. The lowest BCUT2D eigenvalue weighted by atomic mass is 9.90. The Bertz CT molecular complexity index is 231. The first-order valence-electron chi connectivity index (χ1n) is 8.73. The minimum atomic E-state index is -0.0725. The molecule has 1 saturated heterocycles. The molecular weight excluding hydrogens is 248 g/mol. The summed E-state index contributed by atoms with van der Waals surface area (Å²) in [6.07, 6.45) is 10.2. The van der Waals surface area contributed by atoms with E-state index in [2.05, 4.69) is 31.0 Å². The zero-order valence-electron chi connectivity index (χ0n) is 14.0. The van der Waals surface area contributed by atoms with E-state index in [9.17, 15) is 5.11 Å². The van der Waals surface area contributed by atoms with Gasteiger partial charge in [-0.05, 0) is 51.7 Å². The summed E-state index contributed by atoms with van der Waals surface area (Å²) < 4.78 is 0. The van der Waals surface area contributed by atoms with Crippen molar-refractivity contribution in [2.45, 2.75) is 83.7 Å². The predicted octanol–water partition coefficient (Wildman–Crippen LogP) is 3.17. The van der Waals surface area contributed by atoms with Crippen molar-refractivity contribution in [3.05, 3.63) is 0 Å². The van der Waals surface area contributed by atoms with Crippen LogP contribution >= 0.6 is 0 Å². The van der Waals surface area contributed by atoms with Gasteiger partial charge >= 0.3 is 0 Å². The highest BCUT2D eigenvalue weighted by molar-refractivity contribution is 4.87. The average molecular weight is 284 g/mol. The Morgan fingerprint density at radius 1 is 1.10 bits per heavy atom. The summed E-state index contributed by atoms with van der Waals surface area (Å²) in [4.78, 5) is 2.63. The summed E-state index contributed by atoms with van der Waals surface area (Å²) in [7, 11) is 0. The van der Waals surface area contributed by atoms with Gasteiger partial charge < -0.3 is 15.3 Å². The van der Waals surface area contributed by atoms with Gasteiger partial charge in [-0.15, -0.1) is 0 Å². The Kier molecular flexibility index (Phi) is 8.74. The predicted molar refractivity (Wildman–Crippen MR) is 87.1 cm³/mol. The molecule has 0 aromatic rings. The van der Waals surface area contributed by atoms with Crippen LogP contribution in [0.15, 0.2) is 0 Å². The van der Waals surface area contributed by atoms with Crippen molar-refractivity contribution in [1.82, 2.24) is 10.2 Å². The second-order valence-corrected chi connectivity index (χ2v) is 6.80. The number of hydrogen-bond donors (Lipinski definition) is 2. The second kappa shape index (κ2) is 9.75. The standard InChI is InChI=1S/C17H36N2O/c1-4-17(15-20,18-16(2)3)11-10-14-19-12-8-6-5-7-9-13-19/h16,18,20H,4-15H2,1-3H3. The maximum Gasteiger partial charge on any atom is 0.0613 e. The van der Waals surface area contributed by atoms with Crippen LogP contribution in [0, 0.1) is 0 Å². The van der Waals surface area contributed by atoms with Gasteiger partial charge in [0.2, 0.25) is 0 Å². The van der Waals surface area contributed by atoms with E-state index in [1.54, 1.807) is 0 Å². The van der Waals surface area contributed by atoms with Crippen LogP contribution in [0.3, 0.4) is 0 Å². The Morgan fingerprint density at radius 2 is 1.70 bits per heavy atom. The molecule has 0 aromatic carbocycles. The van der Waals surface area contributed by atoms with E-state index in [1.807, 2.05) is 0 Å². The van der Waals surface area contributed by atoms with E-state index >= 15 is 0 Å². The van der Waals surface area contributed by atoms with Crippen LogP contribution in [0.5, 0.6) is 0 Å². The summed E-state index contributed by atoms with van der Waals surface area (Å²) in [6, 6.07) is 0.434. The molecule has 2 N–H and O–H groups in total. The van der Waals surface area contributed by atoms with Gasteiger partial charge in [-0.25, -0.2) is 0 Å². The van der Waals surface area contributed by atoms with Crippen LogP contribution in [0.4, 0.5) is 0 Å². The zero-order chi connectivity index (χ0) is 14.8. The quantitative estimate of drug-likeness (QED) is 0.718. The minimum absolute atomic E-state index is 0.0725. The van der Waals surface area contributed by atoms with Crippen molar-refractivity contribution in [3.8, 4) is 0 Å². The first kappa shape index (κ1) is 17.9. The molecule has 1 aliphatic heterocycles. The molecule has 0 aromatic heterocycles. The molecule has 1 heterocycles. The molecule has 1 rings (SSSR count). The van der Waals surface area contributed by atoms with E-state index in [4.69, 9.17) is 0 Å². The molecule has 1 atom stereocenters. The molecule has 1 fully saturated rings. The SMILES string of the molecule is CCC(CO)(CCCN1CCCCCCC1)NC(C)C. The third-order valence-corrected chi connectivity index (χ3v) is 4.65. The number of nitrogens with zero attached hydrogens (tertiary/aromatic N) is 1. The van der Waals surface area contributed by atoms with E-state index in [1.165, 1.54) is 58.2 Å². The van der Waals surface area contributed by atoms with Crippen molar-refractivity contribution in [2.24, 2.45) is 0 Å². The third-order valence-electron chi connectivity index (χ3n) is 4.65. The summed E-state index contributed by atoms with van der Waals surface area (Å²) in [6.45, 7) is 10.5. The van der Waals surface area contributed by atoms with Gasteiger partial charge in [0.1, 0.15) is 0 Å². The minimum Gasteiger partial charge on any atom is -0.394 e. The van der Waals surface area contributed by atoms with Crippen LogP contribution < -0.4 is 5.32 Å². The largest absolute Gasteiger partial charge is 0.394 e. The first-order chi connectivity index (χ1) is 9.62. The fourth-order valence-corrected chi connectivity index (χ4v) is 3.38. The summed E-state index contributed by atoms with van der Waals surface area (Å²) in [5.41, 5.74) is -0.0725. The van der Waals surface area contributed by atoms with Crippen LogP contribution in [0.1, 0.15) is 72.1 Å². The van der Waals surface area contributed by atoms with Gasteiger partial charge in [0.05, 0.1) is 6.61 Å². The smallest absolute Gasteiger partial charge is 0.0613 e. The van der Waals surface area contributed by atoms with Crippen molar-refractivity contribution in [2.75, 3.05) is 26.2 Å². The highest BCUT2D eigenvalue weighted by Gasteiger charge is 2.27. The van der Waals surface area contributed by atoms with Crippen molar-refractivity contribution in [3.63, 3.8) is 0 Å². The monoisotopic (exact) mass is 284 g/mol. The molecule has 20 heavy (non-hydrogen) atoms. The fourth-order valence-electron chi connectivity index (χ4n) is 3.38. The second-order valence-electron chi connectivity index (χ2n) is 6.80. The van der Waals surface area contributed by atoms with Crippen LogP contribution in [0.2, 0.25) is 0 Å². The molecule has 0 radical (unpaired) electrons. The number of rotatable bonds is 8. The normalized spacial score (nSPS) is 21.4. The van der Waals surface area contributed by atoms with E-state index < -0.39 is 0 Å². The van der Waals surface area contributed by atoms with Gasteiger partial charge in [-0.2, -0.15) is 0 Å². The van der Waals surface area contributed by atoms with Gasteiger partial charge in [0, 0.05) is 11.6 Å². The van der Waals surface area contributed by atoms with Gasteiger partial charge in [0.25, 0.3) is 0 Å². The van der Waals surface area contributed by atoms with E-state index in [-0.39, 0.29) is 12.1 Å². The molecule has 0 bridgehead atoms. The van der Waals surface area contributed by atoms with E-state index in [0.717, 1.165) is 12.8 Å². The lowest BCUT2D eigenvalue weighted by molar-refractivity contribution is 0.129. The maximum absolute atomic E-state index is 9.77. The highest BCUT2D eigenvalue weighted by atomic mass is 16.3. The zero-order valence-corrected chi connectivity index (χ0v) is 14.0. The van der Waals surface area contributed by atoms with Gasteiger partial charge in [0.15, 0.2) is 0 Å². The molecule has 120 valence electrons. The number of aliphatic hydroxyl groups is 1. The van der Waals surface area contributed by atoms with Crippen molar-refractivity contribution < 1.29 is 5.11 Å². The van der Waals surface area contributed by atoms with Crippen molar-refractivity contribution in [1.29, 1.82) is 0 Å². The van der Waals surface area contributed by atoms with Gasteiger partial charge in [-0.3, -0.25) is 0 Å². The first-order valence-corrected chi connectivity index (χ1v) is 8.73. The maximum atomic E-state index is 9.77. The lowest BCUT2D eigenvalue weighted by Crippen LogP contribution is -2.51. The molecule has 1 unspecified atom stereocenters. The van der Waals surface area contributed by atoms with E-state index in [0.29, 0.717) is 6.04 Å². The Balaban J connectivity index is 2.34. The third kappa shape index (κ3) is 6.55. The molecule has 3 nitrogen and oxygen atoms in total. The Morgan fingerprint density at radius 3 is 2.20 bits per heavy atom. The van der Waals surface area contributed by atoms with Crippen LogP contribution in [-0.2, 0) is 0 Å². The van der Waals surface area contributed by atoms with Crippen LogP contribution in [-0.4, -0.2) is 47.8 Å². The average Bonchev–Trinajstić information content (AvgIpc) is 2.39.